The number of carbonyl (C=O) groups is 1. The Hall–Kier alpha value is -4.72. The summed E-state index contributed by atoms with van der Waals surface area (Å²) in [6, 6.07) is 13.5. The molecule has 80 heavy (non-hydrogen) atoms. The van der Waals surface area contributed by atoms with Gasteiger partial charge in [-0.25, -0.2) is 0 Å². The van der Waals surface area contributed by atoms with Crippen molar-refractivity contribution < 1.29 is 39.1 Å². The molecular formula is C68H90N4O8. The average Bonchev–Trinajstić information content (AvgIpc) is 4.36. The van der Waals surface area contributed by atoms with Crippen LogP contribution >= 0.6 is 0 Å². The van der Waals surface area contributed by atoms with E-state index in [2.05, 4.69) is 65.1 Å². The number of phenols is 1. The molecule has 6 bridgehead atoms. The second-order valence-electron chi connectivity index (χ2n) is 27.7. The van der Waals surface area contributed by atoms with E-state index in [0.717, 1.165) is 120 Å². The number of nitrogens with one attached hydrogen (secondary N) is 3. The quantitative estimate of drug-likeness (QED) is 0.133. The SMILES string of the molecule is CCC1CCC2C(C1)C1C=CC(=O)C3(Cc4ccc(O)c(OC)c4)CCCC3CC#CNC(=NC)Nc3cc(cc4c3OC#CC3CCC5CC6(CC(CNC)(CC36)O4)CC3(O)OC4CCCC4CC53)C13CCCC3C2CCCO. The molecule has 8 saturated carbocycles. The fraction of sp³-hybridized carbons (Fsp3) is 0.706. The highest BCUT2D eigenvalue weighted by Crippen LogP contribution is 2.70. The number of phenolic OH excluding ortho intramolecular Hbond substituents is 1. The van der Waals surface area contributed by atoms with Gasteiger partial charge < -0.3 is 44.9 Å². The average molecular weight is 1090 g/mol. The van der Waals surface area contributed by atoms with E-state index in [0.29, 0.717) is 90.4 Å². The van der Waals surface area contributed by atoms with E-state index in [1.807, 2.05) is 25.3 Å². The van der Waals surface area contributed by atoms with Crippen molar-refractivity contribution in [1.29, 1.82) is 0 Å². The number of aliphatic hydroxyl groups is 2. The summed E-state index contributed by atoms with van der Waals surface area (Å²) >= 11 is 0. The van der Waals surface area contributed by atoms with Gasteiger partial charge in [-0.3, -0.25) is 15.1 Å². The number of ketones is 1. The van der Waals surface area contributed by atoms with Crippen molar-refractivity contribution in [2.24, 2.45) is 86.8 Å². The van der Waals surface area contributed by atoms with Gasteiger partial charge in [0.1, 0.15) is 11.7 Å². The maximum Gasteiger partial charge on any atom is 0.207 e. The molecule has 9 fully saturated rings. The van der Waals surface area contributed by atoms with E-state index < -0.39 is 16.8 Å². The lowest BCUT2D eigenvalue weighted by molar-refractivity contribution is -0.332. The van der Waals surface area contributed by atoms with Gasteiger partial charge in [-0.15, -0.1) is 0 Å². The number of hydrogen-bond acceptors (Lipinski definition) is 10. The number of methoxy groups -OCH3 is 1. The zero-order valence-electron chi connectivity index (χ0n) is 48.3. The molecule has 6 N–H and O–H groups in total. The number of fused-ring (bicyclic) bond motifs is 12. The molecule has 13 rings (SSSR count). The lowest BCUT2D eigenvalue weighted by Gasteiger charge is -2.59. The number of rotatable bonds is 9. The van der Waals surface area contributed by atoms with E-state index >= 15 is 4.79 Å². The van der Waals surface area contributed by atoms with Crippen molar-refractivity contribution in [3.8, 4) is 47.0 Å². The third-order valence-corrected chi connectivity index (χ3v) is 24.1. The van der Waals surface area contributed by atoms with Crippen LogP contribution in [0.3, 0.4) is 0 Å². The third-order valence-electron chi connectivity index (χ3n) is 24.1. The van der Waals surface area contributed by atoms with Gasteiger partial charge in [0.25, 0.3) is 0 Å². The van der Waals surface area contributed by atoms with E-state index in [9.17, 15) is 15.3 Å². The number of guanidine groups is 1. The molecule has 1 saturated heterocycles. The number of anilines is 1. The summed E-state index contributed by atoms with van der Waals surface area (Å²) < 4.78 is 27.5. The number of allylic oxidation sites excluding steroid dienone is 2. The summed E-state index contributed by atoms with van der Waals surface area (Å²) in [5.41, 5.74) is 0.933. The van der Waals surface area contributed by atoms with Crippen molar-refractivity contribution in [3.63, 3.8) is 0 Å². The number of aromatic hydroxyl groups is 1. The zero-order valence-corrected chi connectivity index (χ0v) is 48.3. The summed E-state index contributed by atoms with van der Waals surface area (Å²) in [6.45, 7) is 3.16. The molecule has 3 aliphatic heterocycles. The fourth-order valence-corrected chi connectivity index (χ4v) is 21.1. The number of ether oxygens (including phenoxy) is 4. The van der Waals surface area contributed by atoms with Crippen LogP contribution in [-0.2, 0) is 21.4 Å². The summed E-state index contributed by atoms with van der Waals surface area (Å²) in [6.07, 6.45) is 30.8. The van der Waals surface area contributed by atoms with Gasteiger partial charge in [-0.1, -0.05) is 63.0 Å². The first kappa shape index (κ1) is 54.5. The molecule has 18 unspecified atom stereocenters. The Morgan fingerprint density at radius 1 is 0.938 bits per heavy atom. The molecule has 0 aromatic heterocycles. The van der Waals surface area contributed by atoms with Gasteiger partial charge in [0.05, 0.1) is 18.9 Å². The molecule has 18 atom stereocenters. The first-order valence-corrected chi connectivity index (χ1v) is 31.7. The summed E-state index contributed by atoms with van der Waals surface area (Å²) in [7, 11) is 5.40. The molecule has 12 nitrogen and oxygen atoms in total. The van der Waals surface area contributed by atoms with E-state index in [1.165, 1.54) is 31.2 Å². The summed E-state index contributed by atoms with van der Waals surface area (Å²) in [5.74, 6) is 12.0. The normalized spacial score (nSPS) is 42.5. The first-order valence-electron chi connectivity index (χ1n) is 31.7. The van der Waals surface area contributed by atoms with Gasteiger partial charge in [-0.05, 0) is 222 Å². The number of carbonyl (C=O) groups excluding carboxylic acids is 1. The number of hydrogen-bond donors (Lipinski definition) is 6. The topological polar surface area (TPSA) is 163 Å². The predicted octanol–water partition coefficient (Wildman–Crippen LogP) is 11.2. The zero-order chi connectivity index (χ0) is 55.0. The number of aliphatic imine (C=N–C) groups is 1. The molecular weight excluding hydrogens is 1000 g/mol. The Balaban J connectivity index is 0.979. The maximum absolute atomic E-state index is 15.9. The minimum Gasteiger partial charge on any atom is -0.504 e. The van der Waals surface area contributed by atoms with Crippen LogP contribution in [0.15, 0.2) is 47.5 Å². The Kier molecular flexibility index (Phi) is 14.6. The van der Waals surface area contributed by atoms with Crippen molar-refractivity contribution >= 4 is 17.4 Å². The molecule has 3 heterocycles. The van der Waals surface area contributed by atoms with Crippen molar-refractivity contribution in [3.05, 3.63) is 53.6 Å². The minimum absolute atomic E-state index is 0.0117. The van der Waals surface area contributed by atoms with Crippen LogP contribution in [-0.4, -0.2) is 78.9 Å². The molecule has 0 amide bonds. The second-order valence-corrected chi connectivity index (χ2v) is 27.7. The molecule has 2 aromatic carbocycles. The molecule has 0 radical (unpaired) electrons. The molecule has 12 heteroatoms. The Morgan fingerprint density at radius 2 is 1.82 bits per heavy atom. The number of aliphatic hydroxyl groups excluding tert-OH is 1. The Morgan fingerprint density at radius 3 is 2.66 bits per heavy atom. The van der Waals surface area contributed by atoms with Gasteiger partial charge in [0, 0.05) is 61.8 Å². The second kappa shape index (κ2) is 21.5. The van der Waals surface area contributed by atoms with Gasteiger partial charge in [0.2, 0.25) is 11.7 Å². The van der Waals surface area contributed by atoms with Gasteiger partial charge in [0.15, 0.2) is 28.8 Å². The highest BCUT2D eigenvalue weighted by molar-refractivity contribution is 5.97. The maximum atomic E-state index is 15.9. The molecule has 8 aliphatic carbocycles. The fourth-order valence-electron chi connectivity index (χ4n) is 21.1. The molecule has 11 aliphatic rings. The highest BCUT2D eigenvalue weighted by atomic mass is 16.6. The van der Waals surface area contributed by atoms with Crippen molar-refractivity contribution in [1.82, 2.24) is 10.6 Å². The van der Waals surface area contributed by atoms with Crippen molar-refractivity contribution in [2.45, 2.75) is 184 Å². The standard InChI is InChI=1S/C68H90N4O8/c1-5-42-17-21-49-50(14-10-29-73)52-15-8-27-67(52)48-34-56(72-63(70-3)71-28-9-13-47-12-7-26-66(47,61(75)24-22-53(67)51(49)31-42)36-43-18-23-57(74)59(32-43)77-4)62-60(35-48)79-65(41-69-2)38-55-44(25-30-78-62)19-20-46-37-64(55,39-65)40-68(76)54(46)33-45-11-6-16-58(45)80-68/h18,22-24,32,34-35,42,44-47,49-55,58,69,73-74,76H,5-8,10-17,19-21,26-27,29,31,33,36-41H2,1-4H3,(H2,70,71,72). The van der Waals surface area contributed by atoms with Crippen LogP contribution in [0.2, 0.25) is 0 Å². The Labute approximate surface area is 476 Å². The minimum atomic E-state index is -1.16. The van der Waals surface area contributed by atoms with Gasteiger partial charge >= 0.3 is 0 Å². The van der Waals surface area contributed by atoms with E-state index in [-0.39, 0.29) is 64.7 Å². The molecule has 2 spiro atoms. The number of likely N-dealkylation sites (N-methyl/N-ethyl adjacent to an activating group) is 1. The van der Waals surface area contributed by atoms with Crippen LogP contribution in [0.1, 0.15) is 166 Å². The predicted molar refractivity (Wildman–Crippen MR) is 310 cm³/mol. The smallest absolute Gasteiger partial charge is 0.207 e. The van der Waals surface area contributed by atoms with Gasteiger partial charge in [-0.2, -0.15) is 0 Å². The molecule has 430 valence electrons. The van der Waals surface area contributed by atoms with Crippen LogP contribution in [0, 0.1) is 106 Å². The number of nitrogens with zero attached hydrogens (tertiary/aromatic N) is 1. The van der Waals surface area contributed by atoms with Crippen LogP contribution in [0.4, 0.5) is 5.69 Å². The largest absolute Gasteiger partial charge is 0.504 e. The number of benzene rings is 2. The van der Waals surface area contributed by atoms with Crippen LogP contribution in [0.5, 0.6) is 23.0 Å². The lowest BCUT2D eigenvalue weighted by atomic mass is 9.45. The molecule has 2 aromatic rings. The highest BCUT2D eigenvalue weighted by Gasteiger charge is 2.68. The van der Waals surface area contributed by atoms with Crippen LogP contribution < -0.4 is 30.2 Å². The lowest BCUT2D eigenvalue weighted by Crippen LogP contribution is -2.59. The Bertz CT molecular complexity index is 2880. The summed E-state index contributed by atoms with van der Waals surface area (Å²) in [4.78, 5) is 20.7. The van der Waals surface area contributed by atoms with E-state index in [4.69, 9.17) is 23.9 Å². The first-order chi connectivity index (χ1) is 38.9. The monoisotopic (exact) mass is 1090 g/mol. The third kappa shape index (κ3) is 9.09. The van der Waals surface area contributed by atoms with E-state index in [1.54, 1.807) is 20.2 Å². The van der Waals surface area contributed by atoms with Crippen LogP contribution in [0.25, 0.3) is 0 Å². The summed E-state index contributed by atoms with van der Waals surface area (Å²) in [5, 5.41) is 45.1. The van der Waals surface area contributed by atoms with Crippen molar-refractivity contribution in [2.75, 3.05) is 39.7 Å².